The van der Waals surface area contributed by atoms with Crippen molar-refractivity contribution >= 4 is 35.1 Å². The molecule has 0 aliphatic heterocycles. The van der Waals surface area contributed by atoms with E-state index in [-0.39, 0.29) is 34.2 Å². The highest BCUT2D eigenvalue weighted by molar-refractivity contribution is 6.35. The molecule has 21 heavy (non-hydrogen) atoms. The third-order valence-corrected chi connectivity index (χ3v) is 4.11. The number of nitrogens with zero attached hydrogens (tertiary/aromatic N) is 2. The molecule has 2 rings (SSSR count). The first-order chi connectivity index (χ1) is 10.0. The number of carbonyl (C=O) groups excluding carboxylic acids is 2. The SMILES string of the molecule is COC(=O)CN(C(=O)c1cc(Cl)ncc1Cl)C1CCCC1. The fraction of sp³-hybridized carbons (Fsp3) is 0.500. The molecule has 1 aromatic rings. The fourth-order valence-corrected chi connectivity index (χ4v) is 2.86. The van der Waals surface area contributed by atoms with E-state index in [2.05, 4.69) is 9.72 Å². The van der Waals surface area contributed by atoms with Crippen molar-refractivity contribution in [1.82, 2.24) is 9.88 Å². The second-order valence-corrected chi connectivity index (χ2v) is 5.73. The van der Waals surface area contributed by atoms with Crippen molar-refractivity contribution in [3.63, 3.8) is 0 Å². The number of aromatic nitrogens is 1. The van der Waals surface area contributed by atoms with Gasteiger partial charge in [0.2, 0.25) is 0 Å². The van der Waals surface area contributed by atoms with E-state index in [9.17, 15) is 9.59 Å². The van der Waals surface area contributed by atoms with Gasteiger partial charge >= 0.3 is 5.97 Å². The molecule has 114 valence electrons. The minimum atomic E-state index is -0.452. The Morgan fingerprint density at radius 2 is 2.05 bits per heavy atom. The van der Waals surface area contributed by atoms with E-state index in [0.717, 1.165) is 25.7 Å². The smallest absolute Gasteiger partial charge is 0.325 e. The van der Waals surface area contributed by atoms with Gasteiger partial charge in [0, 0.05) is 12.2 Å². The highest BCUT2D eigenvalue weighted by Gasteiger charge is 2.30. The Morgan fingerprint density at radius 3 is 2.67 bits per heavy atom. The molecule has 0 N–H and O–H groups in total. The summed E-state index contributed by atoms with van der Waals surface area (Å²) < 4.78 is 4.68. The molecule has 0 aromatic carbocycles. The lowest BCUT2D eigenvalue weighted by atomic mass is 10.1. The van der Waals surface area contributed by atoms with Crippen molar-refractivity contribution in [3.05, 3.63) is 28.0 Å². The predicted molar refractivity (Wildman–Crippen MR) is 79.6 cm³/mol. The first-order valence-corrected chi connectivity index (χ1v) is 7.47. The standard InChI is InChI=1S/C14H16Cl2N2O3/c1-21-13(19)8-18(9-4-2-3-5-9)14(20)10-6-12(16)17-7-11(10)15/h6-7,9H,2-5,8H2,1H3. The maximum absolute atomic E-state index is 12.7. The van der Waals surface area contributed by atoms with Crippen molar-refractivity contribution < 1.29 is 14.3 Å². The number of methoxy groups -OCH3 is 1. The van der Waals surface area contributed by atoms with Gasteiger partial charge in [-0.3, -0.25) is 9.59 Å². The second-order valence-electron chi connectivity index (χ2n) is 4.93. The van der Waals surface area contributed by atoms with E-state index in [1.807, 2.05) is 0 Å². The lowest BCUT2D eigenvalue weighted by Gasteiger charge is -2.28. The molecule has 1 saturated carbocycles. The third kappa shape index (κ3) is 3.86. The van der Waals surface area contributed by atoms with Gasteiger partial charge in [0.25, 0.3) is 5.91 Å². The molecule has 1 aliphatic rings. The van der Waals surface area contributed by atoms with Crippen LogP contribution in [0.5, 0.6) is 0 Å². The maximum Gasteiger partial charge on any atom is 0.325 e. The Kier molecular flexibility index (Phi) is 5.42. The Bertz CT molecular complexity index is 545. The average Bonchev–Trinajstić information content (AvgIpc) is 3.00. The van der Waals surface area contributed by atoms with Gasteiger partial charge in [0.05, 0.1) is 17.7 Å². The van der Waals surface area contributed by atoms with Crippen LogP contribution in [-0.4, -0.2) is 41.5 Å². The van der Waals surface area contributed by atoms with Crippen LogP contribution in [0.1, 0.15) is 36.0 Å². The minimum Gasteiger partial charge on any atom is -0.468 e. The topological polar surface area (TPSA) is 59.5 Å². The first kappa shape index (κ1) is 16.0. The Morgan fingerprint density at radius 1 is 1.38 bits per heavy atom. The van der Waals surface area contributed by atoms with Crippen LogP contribution < -0.4 is 0 Å². The summed E-state index contributed by atoms with van der Waals surface area (Å²) >= 11 is 11.9. The molecule has 0 saturated heterocycles. The van der Waals surface area contributed by atoms with Crippen LogP contribution in [0.15, 0.2) is 12.3 Å². The molecule has 1 aliphatic carbocycles. The van der Waals surface area contributed by atoms with Crippen molar-refractivity contribution in [2.24, 2.45) is 0 Å². The van der Waals surface area contributed by atoms with Gasteiger partial charge in [-0.15, -0.1) is 0 Å². The van der Waals surface area contributed by atoms with Gasteiger partial charge in [0.15, 0.2) is 0 Å². The molecular formula is C14H16Cl2N2O3. The van der Waals surface area contributed by atoms with Gasteiger partial charge in [-0.2, -0.15) is 0 Å². The van der Waals surface area contributed by atoms with E-state index in [1.165, 1.54) is 24.3 Å². The van der Waals surface area contributed by atoms with Crippen LogP contribution in [0.4, 0.5) is 0 Å². The molecule has 1 heterocycles. The molecule has 1 amide bonds. The number of rotatable bonds is 4. The van der Waals surface area contributed by atoms with Gasteiger partial charge < -0.3 is 9.64 Å². The van der Waals surface area contributed by atoms with Crippen LogP contribution in [-0.2, 0) is 9.53 Å². The number of hydrogen-bond acceptors (Lipinski definition) is 4. The number of ether oxygens (including phenoxy) is 1. The number of amides is 1. The van der Waals surface area contributed by atoms with Crippen molar-refractivity contribution in [2.45, 2.75) is 31.7 Å². The summed E-state index contributed by atoms with van der Waals surface area (Å²) in [4.78, 5) is 29.6. The zero-order valence-corrected chi connectivity index (χ0v) is 13.2. The summed E-state index contributed by atoms with van der Waals surface area (Å²) in [7, 11) is 1.30. The summed E-state index contributed by atoms with van der Waals surface area (Å²) in [5, 5.41) is 0.407. The van der Waals surface area contributed by atoms with E-state index < -0.39 is 5.97 Å². The second kappa shape index (κ2) is 7.09. The molecule has 0 spiro atoms. The minimum absolute atomic E-state index is 0.0274. The molecule has 1 fully saturated rings. The summed E-state index contributed by atoms with van der Waals surface area (Å²) in [6.45, 7) is -0.0870. The molecule has 1 aromatic heterocycles. The van der Waals surface area contributed by atoms with E-state index >= 15 is 0 Å². The molecule has 0 unspecified atom stereocenters. The highest BCUT2D eigenvalue weighted by Crippen LogP contribution is 2.27. The normalized spacial score (nSPS) is 15.0. The summed E-state index contributed by atoms with van der Waals surface area (Å²) in [5.74, 6) is -0.770. The predicted octanol–water partition coefficient (Wildman–Crippen LogP) is 2.95. The molecule has 7 heteroatoms. The van der Waals surface area contributed by atoms with Gasteiger partial charge in [0.1, 0.15) is 11.7 Å². The van der Waals surface area contributed by atoms with E-state index in [4.69, 9.17) is 23.2 Å². The summed E-state index contributed by atoms with van der Waals surface area (Å²) in [6.07, 6.45) is 5.17. The average molecular weight is 331 g/mol. The molecular weight excluding hydrogens is 315 g/mol. The van der Waals surface area contributed by atoms with Gasteiger partial charge in [-0.25, -0.2) is 4.98 Å². The van der Waals surface area contributed by atoms with Gasteiger partial charge in [-0.1, -0.05) is 36.0 Å². The quantitative estimate of drug-likeness (QED) is 0.629. The molecule has 0 radical (unpaired) electrons. The van der Waals surface area contributed by atoms with Crippen molar-refractivity contribution in [1.29, 1.82) is 0 Å². The fourth-order valence-electron chi connectivity index (χ4n) is 2.52. The van der Waals surface area contributed by atoms with Crippen LogP contribution in [0.3, 0.4) is 0 Å². The number of pyridine rings is 1. The van der Waals surface area contributed by atoms with E-state index in [1.54, 1.807) is 0 Å². The van der Waals surface area contributed by atoms with Crippen molar-refractivity contribution in [2.75, 3.05) is 13.7 Å². The number of halogens is 2. The molecule has 0 atom stereocenters. The summed E-state index contributed by atoms with van der Waals surface area (Å²) in [5.41, 5.74) is 0.257. The van der Waals surface area contributed by atoms with Gasteiger partial charge in [-0.05, 0) is 18.9 Å². The Balaban J connectivity index is 2.28. The third-order valence-electron chi connectivity index (χ3n) is 3.61. The van der Waals surface area contributed by atoms with Crippen LogP contribution in [0, 0.1) is 0 Å². The monoisotopic (exact) mass is 330 g/mol. The first-order valence-electron chi connectivity index (χ1n) is 6.71. The summed E-state index contributed by atoms with van der Waals surface area (Å²) in [6, 6.07) is 1.45. The van der Waals surface area contributed by atoms with Crippen LogP contribution >= 0.6 is 23.2 Å². The number of carbonyl (C=O) groups is 2. The largest absolute Gasteiger partial charge is 0.468 e. The van der Waals surface area contributed by atoms with Crippen LogP contribution in [0.2, 0.25) is 10.2 Å². The van der Waals surface area contributed by atoms with Crippen LogP contribution in [0.25, 0.3) is 0 Å². The number of esters is 1. The van der Waals surface area contributed by atoms with E-state index in [0.29, 0.717) is 0 Å². The molecule has 0 bridgehead atoms. The zero-order chi connectivity index (χ0) is 15.4. The Labute approximate surface area is 133 Å². The highest BCUT2D eigenvalue weighted by atomic mass is 35.5. The lowest BCUT2D eigenvalue weighted by Crippen LogP contribution is -2.42. The number of hydrogen-bond donors (Lipinski definition) is 0. The molecule has 5 nitrogen and oxygen atoms in total. The Hall–Kier alpha value is -1.33. The maximum atomic E-state index is 12.7. The lowest BCUT2D eigenvalue weighted by molar-refractivity contribution is -0.141. The van der Waals surface area contributed by atoms with Crippen molar-refractivity contribution in [3.8, 4) is 0 Å². The zero-order valence-electron chi connectivity index (χ0n) is 11.6.